The molecule has 0 bridgehead atoms. The maximum absolute atomic E-state index is 12.7. The lowest BCUT2D eigenvalue weighted by atomic mass is 10.0. The Morgan fingerprint density at radius 2 is 1.78 bits per heavy atom. The van der Waals surface area contributed by atoms with E-state index in [1.807, 2.05) is 43.8 Å². The van der Waals surface area contributed by atoms with Gasteiger partial charge >= 0.3 is 0 Å². The van der Waals surface area contributed by atoms with Gasteiger partial charge in [-0.05, 0) is 18.2 Å². The van der Waals surface area contributed by atoms with Gasteiger partial charge in [0.1, 0.15) is 17.6 Å². The predicted octanol–water partition coefficient (Wildman–Crippen LogP) is 2.42. The minimum absolute atomic E-state index is 0.109. The van der Waals surface area contributed by atoms with Crippen LogP contribution in [0.4, 0.5) is 5.82 Å². The van der Waals surface area contributed by atoms with Gasteiger partial charge in [0.25, 0.3) is 5.91 Å². The zero-order valence-corrected chi connectivity index (χ0v) is 20.1. The number of aryl methyl sites for hydroxylation is 1. The smallest absolute Gasteiger partial charge is 0.274 e. The van der Waals surface area contributed by atoms with Gasteiger partial charge in [0, 0.05) is 86.5 Å². The molecular weight excluding hydrogens is 468 g/mol. The molecule has 1 amide bonds. The highest BCUT2D eigenvalue weighted by Gasteiger charge is 2.24. The lowest BCUT2D eigenvalue weighted by Crippen LogP contribution is -2.49. The molecule has 1 fully saturated rings. The van der Waals surface area contributed by atoms with Crippen LogP contribution in [0.5, 0.6) is 0 Å². The Kier molecular flexibility index (Phi) is 5.54. The first-order valence-electron chi connectivity index (χ1n) is 11.8. The fourth-order valence-corrected chi connectivity index (χ4v) is 4.59. The van der Waals surface area contributed by atoms with Crippen molar-refractivity contribution < 1.29 is 4.79 Å². The Labute approximate surface area is 212 Å². The highest BCUT2D eigenvalue weighted by atomic mass is 16.2. The van der Waals surface area contributed by atoms with Crippen molar-refractivity contribution in [3.8, 4) is 28.3 Å². The third-order valence-electron chi connectivity index (χ3n) is 6.50. The topological polar surface area (TPSA) is 121 Å². The number of rotatable bonds is 4. The van der Waals surface area contributed by atoms with E-state index in [1.54, 1.807) is 32.7 Å². The van der Waals surface area contributed by atoms with Crippen molar-refractivity contribution in [2.45, 2.75) is 0 Å². The van der Waals surface area contributed by atoms with Crippen molar-refractivity contribution >= 4 is 17.2 Å². The third kappa shape index (κ3) is 4.14. The summed E-state index contributed by atoms with van der Waals surface area (Å²) in [7, 11) is 1.87. The molecule has 37 heavy (non-hydrogen) atoms. The van der Waals surface area contributed by atoms with E-state index < -0.39 is 0 Å². The number of hydrogen-bond acceptors (Lipinski definition) is 8. The SMILES string of the molecule is Cn1cc(-c2cc(-c3ccc(N4CCN(C(=O)c5cnccn5)CC4)nc3)c3c(C#N)cnn3c2)cn1. The summed E-state index contributed by atoms with van der Waals surface area (Å²) in [5.41, 5.74) is 5.24. The molecule has 6 heterocycles. The molecule has 0 unspecified atom stereocenters. The van der Waals surface area contributed by atoms with Crippen LogP contribution in [0.25, 0.3) is 27.8 Å². The quantitative estimate of drug-likeness (QED) is 0.377. The van der Waals surface area contributed by atoms with E-state index in [9.17, 15) is 10.1 Å². The number of pyridine rings is 2. The number of carbonyl (C=O) groups is 1. The second-order valence-corrected chi connectivity index (χ2v) is 8.78. The first-order chi connectivity index (χ1) is 18.1. The van der Waals surface area contributed by atoms with Crippen LogP contribution in [-0.4, -0.2) is 71.3 Å². The van der Waals surface area contributed by atoms with Crippen molar-refractivity contribution in [2.75, 3.05) is 31.1 Å². The molecule has 0 atom stereocenters. The summed E-state index contributed by atoms with van der Waals surface area (Å²) < 4.78 is 3.48. The molecule has 5 aromatic heterocycles. The maximum Gasteiger partial charge on any atom is 0.274 e. The Morgan fingerprint density at radius 3 is 2.46 bits per heavy atom. The summed E-state index contributed by atoms with van der Waals surface area (Å²) in [6.45, 7) is 2.49. The monoisotopic (exact) mass is 490 g/mol. The lowest BCUT2D eigenvalue weighted by molar-refractivity contribution is 0.0740. The highest BCUT2D eigenvalue weighted by Crippen LogP contribution is 2.32. The Bertz CT molecular complexity index is 1620. The van der Waals surface area contributed by atoms with E-state index in [-0.39, 0.29) is 5.91 Å². The minimum Gasteiger partial charge on any atom is -0.353 e. The average Bonchev–Trinajstić information content (AvgIpc) is 3.59. The van der Waals surface area contributed by atoms with E-state index in [0.717, 1.165) is 33.6 Å². The maximum atomic E-state index is 12.7. The third-order valence-corrected chi connectivity index (χ3v) is 6.50. The summed E-state index contributed by atoms with van der Waals surface area (Å²) in [6, 6.07) is 8.27. The van der Waals surface area contributed by atoms with Crippen molar-refractivity contribution in [2.24, 2.45) is 7.05 Å². The predicted molar refractivity (Wildman–Crippen MR) is 135 cm³/mol. The lowest BCUT2D eigenvalue weighted by Gasteiger charge is -2.35. The largest absolute Gasteiger partial charge is 0.353 e. The van der Waals surface area contributed by atoms with Gasteiger partial charge in [0.05, 0.1) is 29.7 Å². The molecule has 0 N–H and O–H groups in total. The van der Waals surface area contributed by atoms with Crippen LogP contribution < -0.4 is 4.90 Å². The van der Waals surface area contributed by atoms with E-state index in [2.05, 4.69) is 31.1 Å². The van der Waals surface area contributed by atoms with Gasteiger partial charge in [-0.3, -0.25) is 14.5 Å². The molecular formula is C26H22N10O. The summed E-state index contributed by atoms with van der Waals surface area (Å²) >= 11 is 0. The molecule has 6 rings (SSSR count). The molecule has 0 aliphatic carbocycles. The average molecular weight is 491 g/mol. The molecule has 0 spiro atoms. The number of nitrogens with zero attached hydrogens (tertiary/aromatic N) is 10. The normalized spacial score (nSPS) is 13.6. The second-order valence-electron chi connectivity index (χ2n) is 8.78. The van der Waals surface area contributed by atoms with Gasteiger partial charge in [-0.1, -0.05) is 0 Å². The van der Waals surface area contributed by atoms with E-state index in [4.69, 9.17) is 4.98 Å². The molecule has 1 saturated heterocycles. The van der Waals surface area contributed by atoms with Gasteiger partial charge < -0.3 is 9.80 Å². The number of nitriles is 1. The summed E-state index contributed by atoms with van der Waals surface area (Å²) in [5, 5.41) is 18.3. The zero-order chi connectivity index (χ0) is 25.4. The fourth-order valence-electron chi connectivity index (χ4n) is 4.59. The number of hydrogen-bond donors (Lipinski definition) is 0. The van der Waals surface area contributed by atoms with E-state index in [1.165, 1.54) is 12.4 Å². The number of carbonyl (C=O) groups excluding carboxylic acids is 1. The molecule has 0 aromatic carbocycles. The van der Waals surface area contributed by atoms with Crippen LogP contribution in [0.2, 0.25) is 0 Å². The molecule has 0 radical (unpaired) electrons. The zero-order valence-electron chi connectivity index (χ0n) is 20.1. The van der Waals surface area contributed by atoms with Crippen LogP contribution in [0, 0.1) is 11.3 Å². The molecule has 5 aromatic rings. The van der Waals surface area contributed by atoms with Gasteiger partial charge in [0.15, 0.2) is 0 Å². The van der Waals surface area contributed by atoms with Gasteiger partial charge in [-0.15, -0.1) is 0 Å². The number of aromatic nitrogens is 7. The first kappa shape index (κ1) is 22.4. The van der Waals surface area contributed by atoms with Crippen LogP contribution in [0.1, 0.15) is 16.1 Å². The summed E-state index contributed by atoms with van der Waals surface area (Å²) in [4.78, 5) is 29.5. The first-order valence-corrected chi connectivity index (χ1v) is 11.8. The van der Waals surface area contributed by atoms with Crippen molar-refractivity contribution in [1.82, 2.24) is 39.2 Å². The molecule has 1 aliphatic heterocycles. The molecule has 182 valence electrons. The van der Waals surface area contributed by atoms with Crippen molar-refractivity contribution in [3.05, 3.63) is 79.0 Å². The van der Waals surface area contributed by atoms with Crippen molar-refractivity contribution in [1.29, 1.82) is 5.26 Å². The van der Waals surface area contributed by atoms with E-state index in [0.29, 0.717) is 37.4 Å². The Morgan fingerprint density at radius 1 is 0.919 bits per heavy atom. The number of amides is 1. The van der Waals surface area contributed by atoms with Crippen LogP contribution in [0.3, 0.4) is 0 Å². The van der Waals surface area contributed by atoms with Crippen LogP contribution >= 0.6 is 0 Å². The molecule has 0 saturated carbocycles. The van der Waals surface area contributed by atoms with E-state index >= 15 is 0 Å². The van der Waals surface area contributed by atoms with Crippen LogP contribution in [-0.2, 0) is 7.05 Å². The van der Waals surface area contributed by atoms with Gasteiger partial charge in [-0.25, -0.2) is 14.5 Å². The molecule has 11 nitrogen and oxygen atoms in total. The summed E-state index contributed by atoms with van der Waals surface area (Å²) in [5.74, 6) is 0.728. The summed E-state index contributed by atoms with van der Waals surface area (Å²) in [6.07, 6.45) is 13.6. The van der Waals surface area contributed by atoms with Crippen molar-refractivity contribution in [3.63, 3.8) is 0 Å². The standard InChI is InChI=1S/C26H22N10O/c1-33-16-21(14-31-33)19-10-22(25-20(11-27)13-32-36(25)17-19)18-2-3-24(30-12-18)34-6-8-35(9-7-34)26(37)23-15-28-4-5-29-23/h2-5,10,12-17H,6-9H2,1H3. The number of piperazine rings is 1. The molecule has 1 aliphatic rings. The highest BCUT2D eigenvalue weighted by molar-refractivity contribution is 5.92. The molecule has 11 heteroatoms. The Balaban J connectivity index is 1.26. The number of anilines is 1. The fraction of sp³-hybridized carbons (Fsp3) is 0.192. The van der Waals surface area contributed by atoms with Gasteiger partial charge in [0.2, 0.25) is 0 Å². The van der Waals surface area contributed by atoms with Gasteiger partial charge in [-0.2, -0.15) is 15.5 Å². The minimum atomic E-state index is -0.109. The Hall–Kier alpha value is -5.11. The van der Waals surface area contributed by atoms with Crippen LogP contribution in [0.15, 0.2) is 67.8 Å². The second kappa shape index (κ2) is 9.16. The number of fused-ring (bicyclic) bond motifs is 1.